The average molecular weight is 252 g/mol. The molecule has 2 heterocycles. The number of aryl methyl sites for hydroxylation is 1. The molecule has 1 aliphatic heterocycles. The Labute approximate surface area is 106 Å². The van der Waals surface area contributed by atoms with Crippen LogP contribution in [0.25, 0.3) is 0 Å². The minimum atomic E-state index is 0.319. The third kappa shape index (κ3) is 3.10. The second-order valence-corrected chi connectivity index (χ2v) is 4.51. The average Bonchev–Trinajstić information content (AvgIpc) is 2.30. The maximum Gasteiger partial charge on any atom is 0.140 e. The molecule has 1 aromatic rings. The van der Waals surface area contributed by atoms with Crippen molar-refractivity contribution in [2.75, 3.05) is 18.5 Å². The van der Waals surface area contributed by atoms with Gasteiger partial charge in [-0.3, -0.25) is 0 Å². The number of thiocarbonyl (C=S) groups is 1. The molecule has 1 fully saturated rings. The van der Waals surface area contributed by atoms with Crippen molar-refractivity contribution in [2.24, 2.45) is 5.73 Å². The third-order valence-electron chi connectivity index (χ3n) is 2.74. The maximum absolute atomic E-state index is 5.66. The molecule has 1 saturated heterocycles. The standard InChI is InChI=1S/C11H16N4OS/c1-7-13-6-9(10(12)17)11(14-7)15-8-2-4-16-5-3-8/h6,8H,2-5H2,1H3,(H2,12,17)(H,13,14,15). The zero-order chi connectivity index (χ0) is 12.3. The van der Waals surface area contributed by atoms with Crippen LogP contribution < -0.4 is 11.1 Å². The molecular weight excluding hydrogens is 236 g/mol. The van der Waals surface area contributed by atoms with Crippen LogP contribution in [0.5, 0.6) is 0 Å². The molecule has 0 amide bonds. The summed E-state index contributed by atoms with van der Waals surface area (Å²) in [5.41, 5.74) is 6.36. The summed E-state index contributed by atoms with van der Waals surface area (Å²) >= 11 is 4.99. The molecule has 6 heteroatoms. The van der Waals surface area contributed by atoms with Gasteiger partial charge in [-0.05, 0) is 19.8 Å². The first kappa shape index (κ1) is 12.2. The first-order chi connectivity index (χ1) is 8.16. The zero-order valence-electron chi connectivity index (χ0n) is 9.77. The maximum atomic E-state index is 5.66. The quantitative estimate of drug-likeness (QED) is 0.782. The van der Waals surface area contributed by atoms with E-state index in [0.29, 0.717) is 22.4 Å². The molecule has 3 N–H and O–H groups in total. The third-order valence-corrected chi connectivity index (χ3v) is 2.96. The number of nitrogens with two attached hydrogens (primary N) is 1. The van der Waals surface area contributed by atoms with Crippen LogP contribution in [0.4, 0.5) is 5.82 Å². The first-order valence-electron chi connectivity index (χ1n) is 5.64. The Bertz CT molecular complexity index is 418. The van der Waals surface area contributed by atoms with Crippen molar-refractivity contribution in [3.05, 3.63) is 17.6 Å². The summed E-state index contributed by atoms with van der Waals surface area (Å²) < 4.78 is 5.32. The molecule has 0 aromatic carbocycles. The second kappa shape index (κ2) is 5.37. The van der Waals surface area contributed by atoms with Gasteiger partial charge in [0.25, 0.3) is 0 Å². The fourth-order valence-electron chi connectivity index (χ4n) is 1.80. The Kier molecular flexibility index (Phi) is 3.86. The molecule has 0 bridgehead atoms. The van der Waals surface area contributed by atoms with Gasteiger partial charge in [-0.25, -0.2) is 9.97 Å². The highest BCUT2D eigenvalue weighted by Gasteiger charge is 2.16. The Balaban J connectivity index is 2.17. The molecule has 5 nitrogen and oxygen atoms in total. The lowest BCUT2D eigenvalue weighted by molar-refractivity contribution is 0.0904. The summed E-state index contributed by atoms with van der Waals surface area (Å²) in [5, 5.41) is 3.37. The predicted molar refractivity (Wildman–Crippen MR) is 70.1 cm³/mol. The minimum absolute atomic E-state index is 0.319. The number of hydrogen-bond donors (Lipinski definition) is 2. The van der Waals surface area contributed by atoms with Crippen LogP contribution in [-0.4, -0.2) is 34.2 Å². The van der Waals surface area contributed by atoms with E-state index in [9.17, 15) is 0 Å². The van der Waals surface area contributed by atoms with Gasteiger partial charge in [-0.1, -0.05) is 12.2 Å². The molecule has 1 aliphatic rings. The fraction of sp³-hybridized carbons (Fsp3) is 0.545. The van der Waals surface area contributed by atoms with Crippen LogP contribution in [0.1, 0.15) is 24.2 Å². The van der Waals surface area contributed by atoms with E-state index in [1.807, 2.05) is 6.92 Å². The summed E-state index contributed by atoms with van der Waals surface area (Å²) in [6.45, 7) is 3.41. The SMILES string of the molecule is Cc1ncc(C(N)=S)c(NC2CCOCC2)n1. The molecule has 0 spiro atoms. The zero-order valence-corrected chi connectivity index (χ0v) is 10.6. The van der Waals surface area contributed by atoms with Crippen molar-refractivity contribution in [1.82, 2.24) is 9.97 Å². The van der Waals surface area contributed by atoms with Gasteiger partial charge in [0.1, 0.15) is 16.6 Å². The van der Waals surface area contributed by atoms with Crippen LogP contribution >= 0.6 is 12.2 Å². The van der Waals surface area contributed by atoms with Crippen molar-refractivity contribution in [1.29, 1.82) is 0 Å². The number of anilines is 1. The van der Waals surface area contributed by atoms with E-state index in [-0.39, 0.29) is 0 Å². The van der Waals surface area contributed by atoms with Crippen LogP contribution in [0.15, 0.2) is 6.20 Å². The monoisotopic (exact) mass is 252 g/mol. The van der Waals surface area contributed by atoms with Crippen molar-refractivity contribution in [2.45, 2.75) is 25.8 Å². The molecule has 0 atom stereocenters. The van der Waals surface area contributed by atoms with E-state index in [0.717, 1.165) is 31.9 Å². The highest BCUT2D eigenvalue weighted by Crippen LogP contribution is 2.17. The van der Waals surface area contributed by atoms with Crippen molar-refractivity contribution in [3.8, 4) is 0 Å². The summed E-state index contributed by atoms with van der Waals surface area (Å²) in [4.78, 5) is 8.79. The number of nitrogens with zero attached hydrogens (tertiary/aromatic N) is 2. The van der Waals surface area contributed by atoms with E-state index < -0.39 is 0 Å². The van der Waals surface area contributed by atoms with Gasteiger partial charge in [-0.15, -0.1) is 0 Å². The first-order valence-corrected chi connectivity index (χ1v) is 6.05. The molecule has 0 radical (unpaired) electrons. The van der Waals surface area contributed by atoms with Gasteiger partial charge in [-0.2, -0.15) is 0 Å². The van der Waals surface area contributed by atoms with Crippen molar-refractivity contribution >= 4 is 23.0 Å². The summed E-state index contributed by atoms with van der Waals surface area (Å²) in [6, 6.07) is 0.367. The van der Waals surface area contributed by atoms with E-state index in [1.54, 1.807) is 6.20 Å². The Hall–Kier alpha value is -1.27. The lowest BCUT2D eigenvalue weighted by Gasteiger charge is -2.24. The van der Waals surface area contributed by atoms with E-state index in [1.165, 1.54) is 0 Å². The minimum Gasteiger partial charge on any atom is -0.389 e. The van der Waals surface area contributed by atoms with Gasteiger partial charge in [0.2, 0.25) is 0 Å². The van der Waals surface area contributed by atoms with Gasteiger partial charge in [0.05, 0.1) is 5.56 Å². The normalized spacial score (nSPS) is 16.8. The Morgan fingerprint density at radius 2 is 2.24 bits per heavy atom. The number of nitrogens with one attached hydrogen (secondary N) is 1. The molecule has 0 unspecified atom stereocenters. The van der Waals surface area contributed by atoms with Crippen LogP contribution in [0.3, 0.4) is 0 Å². The smallest absolute Gasteiger partial charge is 0.140 e. The molecule has 0 aliphatic carbocycles. The summed E-state index contributed by atoms with van der Waals surface area (Å²) in [5.74, 6) is 1.44. The molecule has 1 aromatic heterocycles. The van der Waals surface area contributed by atoms with Crippen molar-refractivity contribution < 1.29 is 4.74 Å². The van der Waals surface area contributed by atoms with Gasteiger partial charge in [0.15, 0.2) is 0 Å². The molecule has 92 valence electrons. The lowest BCUT2D eigenvalue weighted by atomic mass is 10.1. The van der Waals surface area contributed by atoms with Crippen LogP contribution in [0, 0.1) is 6.92 Å². The fourth-order valence-corrected chi connectivity index (χ4v) is 1.94. The topological polar surface area (TPSA) is 73.1 Å². The largest absolute Gasteiger partial charge is 0.389 e. The molecule has 17 heavy (non-hydrogen) atoms. The van der Waals surface area contributed by atoms with Gasteiger partial charge < -0.3 is 15.8 Å². The number of ether oxygens (including phenoxy) is 1. The predicted octanol–water partition coefficient (Wildman–Crippen LogP) is 1.01. The number of hydrogen-bond acceptors (Lipinski definition) is 5. The Morgan fingerprint density at radius 1 is 1.53 bits per heavy atom. The summed E-state index contributed by atoms with van der Waals surface area (Å²) in [6.07, 6.45) is 3.62. The number of rotatable bonds is 3. The lowest BCUT2D eigenvalue weighted by Crippen LogP contribution is -2.29. The van der Waals surface area contributed by atoms with E-state index in [2.05, 4.69) is 15.3 Å². The molecule has 0 saturated carbocycles. The molecular formula is C11H16N4OS. The van der Waals surface area contributed by atoms with Crippen molar-refractivity contribution in [3.63, 3.8) is 0 Å². The van der Waals surface area contributed by atoms with Gasteiger partial charge >= 0.3 is 0 Å². The highest BCUT2D eigenvalue weighted by molar-refractivity contribution is 7.80. The summed E-state index contributed by atoms with van der Waals surface area (Å²) in [7, 11) is 0. The molecule has 2 rings (SSSR count). The van der Waals surface area contributed by atoms with Crippen LogP contribution in [-0.2, 0) is 4.74 Å². The Morgan fingerprint density at radius 3 is 2.88 bits per heavy atom. The van der Waals surface area contributed by atoms with Crippen LogP contribution in [0.2, 0.25) is 0 Å². The van der Waals surface area contributed by atoms with E-state index in [4.69, 9.17) is 22.7 Å². The number of aromatic nitrogens is 2. The van der Waals surface area contributed by atoms with E-state index >= 15 is 0 Å². The van der Waals surface area contributed by atoms with Gasteiger partial charge in [0, 0.05) is 25.5 Å². The second-order valence-electron chi connectivity index (χ2n) is 4.07. The highest BCUT2D eigenvalue weighted by atomic mass is 32.1.